The Morgan fingerprint density at radius 3 is 2.94 bits per heavy atom. The highest BCUT2D eigenvalue weighted by Gasteiger charge is 2.42. The molecule has 3 rings (SSSR count). The van der Waals surface area contributed by atoms with Crippen LogP contribution in [0, 0.1) is 0 Å². The van der Waals surface area contributed by atoms with Gasteiger partial charge in [-0.2, -0.15) is 11.8 Å². The highest BCUT2D eigenvalue weighted by Crippen LogP contribution is 2.38. The van der Waals surface area contributed by atoms with Crippen molar-refractivity contribution in [3.63, 3.8) is 0 Å². The molecule has 1 spiro atoms. The van der Waals surface area contributed by atoms with E-state index in [1.807, 2.05) is 11.8 Å². The minimum absolute atomic E-state index is 0.191. The first-order chi connectivity index (χ1) is 8.20. The molecule has 3 nitrogen and oxygen atoms in total. The van der Waals surface area contributed by atoms with Gasteiger partial charge in [0.15, 0.2) is 0 Å². The zero-order valence-electron chi connectivity index (χ0n) is 10.7. The van der Waals surface area contributed by atoms with Crippen molar-refractivity contribution in [1.29, 1.82) is 0 Å². The summed E-state index contributed by atoms with van der Waals surface area (Å²) in [4.78, 5) is 0. The first-order valence-corrected chi connectivity index (χ1v) is 7.93. The number of ether oxygens (including phenoxy) is 2. The average molecular weight is 257 g/mol. The van der Waals surface area contributed by atoms with E-state index in [0.29, 0.717) is 6.04 Å². The van der Waals surface area contributed by atoms with E-state index in [2.05, 4.69) is 12.2 Å². The summed E-state index contributed by atoms with van der Waals surface area (Å²) in [6.07, 6.45) is 4.73. The molecule has 3 fully saturated rings. The Morgan fingerprint density at radius 2 is 2.24 bits per heavy atom. The molecule has 3 heterocycles. The fraction of sp³-hybridized carbons (Fsp3) is 1.00. The summed E-state index contributed by atoms with van der Waals surface area (Å²) in [5, 5.41) is 3.83. The fourth-order valence-electron chi connectivity index (χ4n) is 3.29. The molecule has 3 unspecified atom stereocenters. The van der Waals surface area contributed by atoms with E-state index < -0.39 is 0 Å². The van der Waals surface area contributed by atoms with Gasteiger partial charge >= 0.3 is 0 Å². The van der Waals surface area contributed by atoms with Gasteiger partial charge in [-0.3, -0.25) is 0 Å². The molecule has 0 aromatic carbocycles. The summed E-state index contributed by atoms with van der Waals surface area (Å²) in [5.41, 5.74) is 0.394. The number of thioether (sulfide) groups is 1. The number of hydrogen-bond acceptors (Lipinski definition) is 4. The highest BCUT2D eigenvalue weighted by atomic mass is 32.2. The van der Waals surface area contributed by atoms with Gasteiger partial charge in [-0.15, -0.1) is 0 Å². The lowest BCUT2D eigenvalue weighted by atomic mass is 9.88. The molecule has 0 aliphatic carbocycles. The van der Waals surface area contributed by atoms with E-state index >= 15 is 0 Å². The summed E-state index contributed by atoms with van der Waals surface area (Å²) in [6.45, 7) is 5.00. The lowest BCUT2D eigenvalue weighted by Crippen LogP contribution is -2.54. The van der Waals surface area contributed by atoms with Crippen LogP contribution in [0.4, 0.5) is 0 Å². The summed E-state index contributed by atoms with van der Waals surface area (Å²) < 4.78 is 11.6. The predicted octanol–water partition coefficient (Wildman–Crippen LogP) is 1.81. The first kappa shape index (κ1) is 12.3. The molecule has 0 bridgehead atoms. The standard InChI is InChI=1S/C13H23NO2S/c1-12(3-6-15-9-12)14-11-2-5-16-13(8-11)4-7-17-10-13/h11,14H,2-10H2,1H3. The Balaban J connectivity index is 1.60. The first-order valence-electron chi connectivity index (χ1n) is 6.77. The zero-order chi connectivity index (χ0) is 11.8. The van der Waals surface area contributed by atoms with Crippen molar-refractivity contribution in [3.05, 3.63) is 0 Å². The van der Waals surface area contributed by atoms with Gasteiger partial charge in [0.05, 0.1) is 12.2 Å². The van der Waals surface area contributed by atoms with Crippen LogP contribution >= 0.6 is 11.8 Å². The number of hydrogen-bond donors (Lipinski definition) is 1. The second-order valence-electron chi connectivity index (χ2n) is 6.03. The van der Waals surface area contributed by atoms with Crippen molar-refractivity contribution >= 4 is 11.8 Å². The van der Waals surface area contributed by atoms with E-state index in [-0.39, 0.29) is 11.1 Å². The number of rotatable bonds is 2. The van der Waals surface area contributed by atoms with Crippen molar-refractivity contribution in [2.75, 3.05) is 31.3 Å². The van der Waals surface area contributed by atoms with Gasteiger partial charge in [0.2, 0.25) is 0 Å². The van der Waals surface area contributed by atoms with Crippen LogP contribution in [0.1, 0.15) is 32.6 Å². The molecule has 0 aromatic rings. The van der Waals surface area contributed by atoms with Crippen LogP contribution in [0.2, 0.25) is 0 Å². The third-order valence-electron chi connectivity index (χ3n) is 4.33. The Kier molecular flexibility index (Phi) is 3.41. The summed E-state index contributed by atoms with van der Waals surface area (Å²) in [7, 11) is 0. The molecule has 3 saturated heterocycles. The summed E-state index contributed by atoms with van der Waals surface area (Å²) in [5.74, 6) is 2.46. The van der Waals surface area contributed by atoms with Gasteiger partial charge in [-0.25, -0.2) is 0 Å². The van der Waals surface area contributed by atoms with Crippen LogP contribution in [0.25, 0.3) is 0 Å². The minimum Gasteiger partial charge on any atom is -0.379 e. The highest BCUT2D eigenvalue weighted by molar-refractivity contribution is 7.99. The quantitative estimate of drug-likeness (QED) is 0.817. The predicted molar refractivity (Wildman–Crippen MR) is 70.6 cm³/mol. The smallest absolute Gasteiger partial charge is 0.0795 e. The van der Waals surface area contributed by atoms with E-state index in [9.17, 15) is 0 Å². The molecule has 4 heteroatoms. The third-order valence-corrected chi connectivity index (χ3v) is 5.55. The molecule has 3 aliphatic rings. The van der Waals surface area contributed by atoms with Gasteiger partial charge in [0.1, 0.15) is 0 Å². The molecule has 0 saturated carbocycles. The molecule has 0 radical (unpaired) electrons. The van der Waals surface area contributed by atoms with Crippen molar-refractivity contribution in [3.8, 4) is 0 Å². The minimum atomic E-state index is 0.191. The molecule has 3 aliphatic heterocycles. The molecule has 0 amide bonds. The van der Waals surface area contributed by atoms with Gasteiger partial charge in [-0.1, -0.05) is 0 Å². The van der Waals surface area contributed by atoms with Crippen molar-refractivity contribution < 1.29 is 9.47 Å². The van der Waals surface area contributed by atoms with Gasteiger partial charge in [0.25, 0.3) is 0 Å². The van der Waals surface area contributed by atoms with Crippen LogP contribution in [0.15, 0.2) is 0 Å². The van der Waals surface area contributed by atoms with Crippen LogP contribution in [0.5, 0.6) is 0 Å². The zero-order valence-corrected chi connectivity index (χ0v) is 11.5. The van der Waals surface area contributed by atoms with Gasteiger partial charge < -0.3 is 14.8 Å². The van der Waals surface area contributed by atoms with E-state index in [0.717, 1.165) is 32.7 Å². The lowest BCUT2D eigenvalue weighted by Gasteiger charge is -2.41. The van der Waals surface area contributed by atoms with Gasteiger partial charge in [-0.05, 0) is 38.4 Å². The molecule has 98 valence electrons. The number of nitrogens with one attached hydrogen (secondary N) is 1. The molecule has 0 aromatic heterocycles. The SMILES string of the molecule is CC1(NC2CCOC3(CCSC3)C2)CCOC1. The maximum absolute atomic E-state index is 6.06. The second-order valence-corrected chi connectivity index (χ2v) is 7.14. The van der Waals surface area contributed by atoms with Crippen molar-refractivity contribution in [1.82, 2.24) is 5.32 Å². The average Bonchev–Trinajstić information content (AvgIpc) is 2.89. The Labute approximate surface area is 108 Å². The van der Waals surface area contributed by atoms with Crippen LogP contribution in [-0.4, -0.2) is 48.5 Å². The van der Waals surface area contributed by atoms with E-state index in [4.69, 9.17) is 9.47 Å². The Bertz CT molecular complexity index is 271. The van der Waals surface area contributed by atoms with E-state index in [1.54, 1.807) is 0 Å². The normalized spacial score (nSPS) is 46.8. The van der Waals surface area contributed by atoms with Crippen LogP contribution < -0.4 is 5.32 Å². The maximum Gasteiger partial charge on any atom is 0.0795 e. The second kappa shape index (κ2) is 4.72. The fourth-order valence-corrected chi connectivity index (χ4v) is 4.67. The monoisotopic (exact) mass is 257 g/mol. The largest absolute Gasteiger partial charge is 0.379 e. The summed E-state index contributed by atoms with van der Waals surface area (Å²) in [6, 6.07) is 0.620. The molecular weight excluding hydrogens is 234 g/mol. The molecular formula is C13H23NO2S. The maximum atomic E-state index is 6.06. The van der Waals surface area contributed by atoms with Gasteiger partial charge in [0, 0.05) is 30.5 Å². The van der Waals surface area contributed by atoms with Crippen LogP contribution in [-0.2, 0) is 9.47 Å². The van der Waals surface area contributed by atoms with Crippen molar-refractivity contribution in [2.24, 2.45) is 0 Å². The topological polar surface area (TPSA) is 30.5 Å². The Hall–Kier alpha value is 0.230. The van der Waals surface area contributed by atoms with E-state index in [1.165, 1.54) is 24.3 Å². The Morgan fingerprint density at radius 1 is 1.29 bits per heavy atom. The van der Waals surface area contributed by atoms with Crippen LogP contribution in [0.3, 0.4) is 0 Å². The third kappa shape index (κ3) is 2.65. The molecule has 1 N–H and O–H groups in total. The summed E-state index contributed by atoms with van der Waals surface area (Å²) >= 11 is 2.05. The molecule has 17 heavy (non-hydrogen) atoms. The lowest BCUT2D eigenvalue weighted by molar-refractivity contribution is -0.0734. The molecule has 3 atom stereocenters. The van der Waals surface area contributed by atoms with Crippen molar-refractivity contribution in [2.45, 2.75) is 49.8 Å².